The molecule has 4 unspecified atom stereocenters. The van der Waals surface area contributed by atoms with Crippen molar-refractivity contribution in [1.82, 2.24) is 16.0 Å². The summed E-state index contributed by atoms with van der Waals surface area (Å²) in [5, 5.41) is 25.8. The fraction of sp³-hybridized carbons (Fsp3) is 0.500. The lowest BCUT2D eigenvalue weighted by Gasteiger charge is -2.25. The highest BCUT2D eigenvalue weighted by Gasteiger charge is 2.31. The van der Waals surface area contributed by atoms with Gasteiger partial charge < -0.3 is 43.4 Å². The zero-order valence-corrected chi connectivity index (χ0v) is 21.3. The van der Waals surface area contributed by atoms with E-state index >= 15 is 0 Å². The topological polar surface area (TPSA) is 257 Å². The molecule has 0 aliphatic carbocycles. The van der Waals surface area contributed by atoms with Crippen LogP contribution in [0, 0.1) is 5.92 Å². The first-order valence-corrected chi connectivity index (χ1v) is 11.9. The molecular formula is C24H36N6O8. The van der Waals surface area contributed by atoms with Gasteiger partial charge in [-0.1, -0.05) is 26.0 Å². The van der Waals surface area contributed by atoms with Gasteiger partial charge >= 0.3 is 5.97 Å². The van der Waals surface area contributed by atoms with Crippen molar-refractivity contribution in [3.05, 3.63) is 29.8 Å². The van der Waals surface area contributed by atoms with Crippen LogP contribution in [0.3, 0.4) is 0 Å². The summed E-state index contributed by atoms with van der Waals surface area (Å²) < 4.78 is 0. The lowest BCUT2D eigenvalue weighted by atomic mass is 10.0. The van der Waals surface area contributed by atoms with Gasteiger partial charge in [-0.3, -0.25) is 24.0 Å². The first-order chi connectivity index (χ1) is 17.7. The molecule has 1 rings (SSSR count). The minimum atomic E-state index is -1.51. The van der Waals surface area contributed by atoms with Crippen molar-refractivity contribution < 1.29 is 39.0 Å². The summed E-state index contributed by atoms with van der Waals surface area (Å²) in [6.07, 6.45) is -1.05. The number of carbonyl (C=O) groups excluding carboxylic acids is 5. The van der Waals surface area contributed by atoms with Crippen molar-refractivity contribution >= 4 is 35.5 Å². The molecule has 0 saturated heterocycles. The Hall–Kier alpha value is -4.20. The second kappa shape index (κ2) is 15.1. The van der Waals surface area contributed by atoms with Crippen molar-refractivity contribution in [3.63, 3.8) is 0 Å². The van der Waals surface area contributed by atoms with Crippen LogP contribution in [-0.2, 0) is 35.2 Å². The summed E-state index contributed by atoms with van der Waals surface area (Å²) in [5.41, 5.74) is 16.9. The van der Waals surface area contributed by atoms with E-state index in [9.17, 15) is 39.0 Å². The van der Waals surface area contributed by atoms with Crippen LogP contribution < -0.4 is 33.2 Å². The Kier molecular flexibility index (Phi) is 12.7. The SMILES string of the molecule is CC(C)CC(NC(=O)C(CCC(N)=O)NC(=O)C(CC(N)=O)NC(=O)C(N)Cc1ccc(O)cc1)C(=O)O. The number of primary amides is 2. The van der Waals surface area contributed by atoms with Crippen LogP contribution in [0.4, 0.5) is 0 Å². The molecule has 0 fully saturated rings. The minimum Gasteiger partial charge on any atom is -0.508 e. The summed E-state index contributed by atoms with van der Waals surface area (Å²) in [4.78, 5) is 72.9. The van der Waals surface area contributed by atoms with Crippen LogP contribution >= 0.6 is 0 Å². The number of phenolic OH excluding ortho intramolecular Hbond substituents is 1. The smallest absolute Gasteiger partial charge is 0.326 e. The van der Waals surface area contributed by atoms with Gasteiger partial charge in [0, 0.05) is 6.42 Å². The molecule has 0 bridgehead atoms. The van der Waals surface area contributed by atoms with E-state index < -0.39 is 66.1 Å². The molecule has 0 radical (unpaired) electrons. The van der Waals surface area contributed by atoms with E-state index in [4.69, 9.17) is 17.2 Å². The number of aromatic hydroxyl groups is 1. The second-order valence-electron chi connectivity index (χ2n) is 9.30. The number of benzene rings is 1. The first-order valence-electron chi connectivity index (χ1n) is 11.9. The number of amides is 5. The molecule has 1 aromatic rings. The average molecular weight is 537 g/mol. The normalized spacial score (nSPS) is 14.0. The summed E-state index contributed by atoms with van der Waals surface area (Å²) in [5.74, 6) is -5.69. The summed E-state index contributed by atoms with van der Waals surface area (Å²) in [6.45, 7) is 3.52. The Labute approximate surface area is 219 Å². The zero-order valence-electron chi connectivity index (χ0n) is 21.3. The molecule has 0 heterocycles. The highest BCUT2D eigenvalue weighted by atomic mass is 16.4. The fourth-order valence-corrected chi connectivity index (χ4v) is 3.46. The van der Waals surface area contributed by atoms with Gasteiger partial charge in [-0.25, -0.2) is 4.79 Å². The number of carbonyl (C=O) groups is 6. The largest absolute Gasteiger partial charge is 0.508 e. The van der Waals surface area contributed by atoms with Gasteiger partial charge in [0.25, 0.3) is 0 Å². The van der Waals surface area contributed by atoms with Crippen LogP contribution in [0.25, 0.3) is 0 Å². The van der Waals surface area contributed by atoms with Crippen LogP contribution in [0.5, 0.6) is 5.75 Å². The van der Waals surface area contributed by atoms with Gasteiger partial charge in [0.05, 0.1) is 12.5 Å². The molecule has 0 spiro atoms. The predicted octanol–water partition coefficient (Wildman–Crippen LogP) is -2.01. The molecular weight excluding hydrogens is 500 g/mol. The molecule has 5 amide bonds. The molecule has 11 N–H and O–H groups in total. The van der Waals surface area contributed by atoms with Crippen molar-refractivity contribution in [2.45, 2.75) is 70.1 Å². The number of nitrogens with one attached hydrogen (secondary N) is 3. The Bertz CT molecular complexity index is 1010. The second-order valence-corrected chi connectivity index (χ2v) is 9.30. The molecule has 1 aromatic carbocycles. The van der Waals surface area contributed by atoms with E-state index in [0.717, 1.165) is 0 Å². The Balaban J connectivity index is 3.01. The third-order valence-corrected chi connectivity index (χ3v) is 5.40. The number of aliphatic carboxylic acids is 1. The van der Waals surface area contributed by atoms with E-state index in [1.165, 1.54) is 12.1 Å². The zero-order chi connectivity index (χ0) is 29.0. The molecule has 4 atom stereocenters. The lowest BCUT2D eigenvalue weighted by molar-refractivity contribution is -0.143. The van der Waals surface area contributed by atoms with Gasteiger partial charge in [0.1, 0.15) is 23.9 Å². The summed E-state index contributed by atoms with van der Waals surface area (Å²) >= 11 is 0. The number of carboxylic acids is 1. The van der Waals surface area contributed by atoms with E-state index in [-0.39, 0.29) is 37.4 Å². The molecule has 0 saturated carbocycles. The molecule has 0 aliphatic heterocycles. The molecule has 0 aromatic heterocycles. The Morgan fingerprint density at radius 2 is 1.34 bits per heavy atom. The minimum absolute atomic E-state index is 0.0266. The third kappa shape index (κ3) is 11.7. The fourth-order valence-electron chi connectivity index (χ4n) is 3.46. The summed E-state index contributed by atoms with van der Waals surface area (Å²) in [7, 11) is 0. The maximum atomic E-state index is 13.0. The van der Waals surface area contributed by atoms with Crippen molar-refractivity contribution in [2.24, 2.45) is 23.1 Å². The maximum Gasteiger partial charge on any atom is 0.326 e. The van der Waals surface area contributed by atoms with Gasteiger partial charge in [0.15, 0.2) is 0 Å². The van der Waals surface area contributed by atoms with Crippen LogP contribution in [-0.4, -0.2) is 69.9 Å². The molecule has 14 nitrogen and oxygen atoms in total. The number of phenols is 1. The third-order valence-electron chi connectivity index (χ3n) is 5.40. The molecule has 0 aliphatic rings. The van der Waals surface area contributed by atoms with Crippen LogP contribution in [0.1, 0.15) is 45.1 Å². The highest BCUT2D eigenvalue weighted by molar-refractivity contribution is 5.96. The number of rotatable bonds is 16. The predicted molar refractivity (Wildman–Crippen MR) is 135 cm³/mol. The van der Waals surface area contributed by atoms with Crippen molar-refractivity contribution in [3.8, 4) is 5.75 Å². The monoisotopic (exact) mass is 536 g/mol. The Morgan fingerprint density at radius 1 is 0.816 bits per heavy atom. The quantitative estimate of drug-likeness (QED) is 0.116. The van der Waals surface area contributed by atoms with Gasteiger partial charge in [-0.15, -0.1) is 0 Å². The highest BCUT2D eigenvalue weighted by Crippen LogP contribution is 2.11. The number of nitrogens with two attached hydrogens (primary N) is 3. The van der Waals surface area contributed by atoms with Crippen LogP contribution in [0.15, 0.2) is 24.3 Å². The molecule has 38 heavy (non-hydrogen) atoms. The molecule has 14 heteroatoms. The average Bonchev–Trinajstić information content (AvgIpc) is 2.81. The number of hydrogen-bond acceptors (Lipinski definition) is 8. The van der Waals surface area contributed by atoms with E-state index in [2.05, 4.69) is 16.0 Å². The van der Waals surface area contributed by atoms with E-state index in [0.29, 0.717) is 5.56 Å². The van der Waals surface area contributed by atoms with Crippen molar-refractivity contribution in [1.29, 1.82) is 0 Å². The maximum absolute atomic E-state index is 13.0. The van der Waals surface area contributed by atoms with Crippen molar-refractivity contribution in [2.75, 3.05) is 0 Å². The van der Waals surface area contributed by atoms with E-state index in [1.807, 2.05) is 0 Å². The van der Waals surface area contributed by atoms with Crippen LogP contribution in [0.2, 0.25) is 0 Å². The number of carboxylic acid groups (broad SMARTS) is 1. The lowest BCUT2D eigenvalue weighted by Crippen LogP contribution is -2.58. The first kappa shape index (κ1) is 31.8. The Morgan fingerprint density at radius 3 is 1.84 bits per heavy atom. The van der Waals surface area contributed by atoms with Gasteiger partial charge in [0.2, 0.25) is 29.5 Å². The summed E-state index contributed by atoms with van der Waals surface area (Å²) in [6, 6.07) is 0.637. The molecule has 210 valence electrons. The standard InChI is InChI=1S/C24H36N6O8/c1-12(2)9-18(24(37)38)30-22(35)16(7-8-19(26)32)28-23(36)17(11-20(27)33)29-21(34)15(25)10-13-3-5-14(31)6-4-13/h3-6,12,15-18,31H,7-11,25H2,1-2H3,(H2,26,32)(H2,27,33)(H,28,36)(H,29,34)(H,30,35)(H,37,38). The van der Waals surface area contributed by atoms with Gasteiger partial charge in [-0.2, -0.15) is 0 Å². The van der Waals surface area contributed by atoms with E-state index in [1.54, 1.807) is 26.0 Å². The number of hydrogen-bond donors (Lipinski definition) is 8. The van der Waals surface area contributed by atoms with Gasteiger partial charge in [-0.05, 0) is 42.9 Å².